The van der Waals surface area contributed by atoms with Gasteiger partial charge in [-0.15, -0.1) is 0 Å². The quantitative estimate of drug-likeness (QED) is 0.152. The maximum atomic E-state index is 6.93. The monoisotopic (exact) mass is 939 g/mol. The van der Waals surface area contributed by atoms with Crippen molar-refractivity contribution >= 4 is 138 Å². The van der Waals surface area contributed by atoms with Gasteiger partial charge in [0.25, 0.3) is 0 Å². The molecule has 11 aromatic carbocycles. The van der Waals surface area contributed by atoms with Gasteiger partial charge >= 0.3 is 0 Å². The molecule has 4 heterocycles. The fourth-order valence-electron chi connectivity index (χ4n) is 12.1. The second kappa shape index (κ2) is 15.7. The maximum Gasteiger partial charge on any atom is 0.159 e. The van der Waals surface area contributed by atoms with Crippen LogP contribution in [0.2, 0.25) is 0 Å². The molecule has 4 aromatic heterocycles. The van der Waals surface area contributed by atoms with Crippen LogP contribution in [0.25, 0.3) is 104 Å². The number of aromatic nitrogens is 1. The van der Waals surface area contributed by atoms with Crippen LogP contribution >= 0.6 is 0 Å². The number of anilines is 6. The molecule has 0 amide bonds. The van der Waals surface area contributed by atoms with Crippen LogP contribution in [-0.4, -0.2) is 4.40 Å². The number of hydrogen-bond acceptors (Lipinski definition) is 4. The van der Waals surface area contributed by atoms with E-state index in [1.54, 1.807) is 0 Å². The third kappa shape index (κ3) is 6.15. The summed E-state index contributed by atoms with van der Waals surface area (Å²) in [6, 6.07) is 77.7. The number of fused-ring (bicyclic) bond motifs is 14. The van der Waals surface area contributed by atoms with Crippen molar-refractivity contribution < 1.29 is 8.83 Å². The average Bonchev–Trinajstić information content (AvgIpc) is 4.18. The molecular weight excluding hydrogens is 891 g/mol. The van der Waals surface area contributed by atoms with E-state index in [1.165, 1.54) is 70.8 Å². The van der Waals surface area contributed by atoms with Crippen molar-refractivity contribution in [1.29, 1.82) is 0 Å². The first-order valence-electron chi connectivity index (χ1n) is 25.5. The van der Waals surface area contributed by atoms with Crippen molar-refractivity contribution in [2.45, 2.75) is 39.5 Å². The van der Waals surface area contributed by atoms with E-state index in [1.807, 2.05) is 0 Å². The molecule has 0 radical (unpaired) electrons. The fraction of sp³-hybridized carbons (Fsp3) is 0.0882. The molecule has 0 aliphatic heterocycles. The van der Waals surface area contributed by atoms with Gasteiger partial charge in [0.2, 0.25) is 0 Å². The van der Waals surface area contributed by atoms with Gasteiger partial charge in [0, 0.05) is 65.8 Å². The predicted molar refractivity (Wildman–Crippen MR) is 308 cm³/mol. The summed E-state index contributed by atoms with van der Waals surface area (Å²) in [6.45, 7) is 8.93. The van der Waals surface area contributed by atoms with Gasteiger partial charge in [0.1, 0.15) is 11.2 Å². The van der Waals surface area contributed by atoms with Crippen LogP contribution < -0.4 is 9.80 Å². The third-order valence-corrected chi connectivity index (χ3v) is 15.5. The molecule has 15 rings (SSSR count). The van der Waals surface area contributed by atoms with E-state index < -0.39 is 0 Å². The van der Waals surface area contributed by atoms with Gasteiger partial charge in [0.15, 0.2) is 11.2 Å². The van der Waals surface area contributed by atoms with Crippen molar-refractivity contribution in [3.8, 4) is 0 Å². The molecule has 0 saturated heterocycles. The lowest BCUT2D eigenvalue weighted by atomic mass is 10.00. The minimum atomic E-state index is 0.333. The number of hydrogen-bond donors (Lipinski definition) is 0. The van der Waals surface area contributed by atoms with E-state index in [9.17, 15) is 0 Å². The van der Waals surface area contributed by atoms with Crippen LogP contribution in [0, 0.1) is 0 Å². The average molecular weight is 940 g/mol. The lowest BCUT2D eigenvalue weighted by Crippen LogP contribution is -2.10. The Morgan fingerprint density at radius 1 is 0.315 bits per heavy atom. The van der Waals surface area contributed by atoms with Crippen molar-refractivity contribution in [3.63, 3.8) is 0 Å². The zero-order valence-corrected chi connectivity index (χ0v) is 41.0. The summed E-state index contributed by atoms with van der Waals surface area (Å²) in [4.78, 5) is 4.70. The minimum absolute atomic E-state index is 0.333. The van der Waals surface area contributed by atoms with Gasteiger partial charge in [-0.2, -0.15) is 0 Å². The van der Waals surface area contributed by atoms with Gasteiger partial charge in [0.05, 0.1) is 27.9 Å². The largest absolute Gasteiger partial charge is 0.454 e. The predicted octanol–water partition coefficient (Wildman–Crippen LogP) is 20.1. The van der Waals surface area contributed by atoms with Crippen LogP contribution in [0.3, 0.4) is 0 Å². The standard InChI is InChI=1S/C68H49N3O2/c1-40(2)50-20-11-24-54-56-26-14-28-60(67(56)72-65(50)54)69(46-16-7-5-8-17-46)48-32-30-42-36-58-52-22-13-23-53-59-37-43-31-33-49(35-45(43)39-63(59)71(64(52)53)62(58)38-44(42)34-48)70(47-18-9-6-10-19-47)61-29-15-27-57-55-25-12-21-51(41(3)4)66(55)73-68(57)61/h5-41H,1-4H3. The first-order valence-corrected chi connectivity index (χ1v) is 25.5. The summed E-state index contributed by atoms with van der Waals surface area (Å²) in [5, 5.41) is 14.3. The van der Waals surface area contributed by atoms with Crippen LogP contribution in [0.5, 0.6) is 0 Å². The van der Waals surface area contributed by atoms with Gasteiger partial charge in [-0.1, -0.05) is 155 Å². The number of rotatable bonds is 8. The Kier molecular flexibility index (Phi) is 8.98. The summed E-state index contributed by atoms with van der Waals surface area (Å²) in [7, 11) is 0. The summed E-state index contributed by atoms with van der Waals surface area (Å²) in [5.41, 5.74) is 16.0. The van der Waals surface area contributed by atoms with Crippen LogP contribution in [0.15, 0.2) is 221 Å². The van der Waals surface area contributed by atoms with E-state index >= 15 is 0 Å². The Hall–Kier alpha value is -9.06. The first kappa shape index (κ1) is 41.7. The highest BCUT2D eigenvalue weighted by Gasteiger charge is 2.25. The molecule has 0 fully saturated rings. The molecule has 15 aromatic rings. The SMILES string of the molecule is CC(C)c1cccc2c1oc1c(N(c3ccccc3)c3ccc4cc5c6cccc7c8cc9ccc(N(c%10ccccc%10)c%10cccc%11c%10oc%10c(C(C)C)cccc%10%11)cc9cc8n(c5cc4c3)c67)cccc12. The van der Waals surface area contributed by atoms with Crippen molar-refractivity contribution in [1.82, 2.24) is 4.40 Å². The molecule has 0 spiro atoms. The van der Waals surface area contributed by atoms with Crippen molar-refractivity contribution in [3.05, 3.63) is 223 Å². The molecule has 0 bridgehead atoms. The van der Waals surface area contributed by atoms with E-state index in [0.717, 1.165) is 78.0 Å². The second-order valence-electron chi connectivity index (χ2n) is 20.4. The number of nitrogens with zero attached hydrogens (tertiary/aromatic N) is 3. The Bertz CT molecular complexity index is 4400. The lowest BCUT2D eigenvalue weighted by Gasteiger charge is -2.26. The molecule has 0 aliphatic carbocycles. The molecule has 5 nitrogen and oxygen atoms in total. The molecule has 0 N–H and O–H groups in total. The highest BCUT2D eigenvalue weighted by atomic mass is 16.3. The molecular formula is C68H49N3O2. The van der Waals surface area contributed by atoms with E-state index in [-0.39, 0.29) is 0 Å². The Balaban J connectivity index is 0.922. The minimum Gasteiger partial charge on any atom is -0.454 e. The molecule has 0 atom stereocenters. The van der Waals surface area contributed by atoms with Crippen molar-refractivity contribution in [2.75, 3.05) is 9.80 Å². The Morgan fingerprint density at radius 3 is 1.15 bits per heavy atom. The summed E-state index contributed by atoms with van der Waals surface area (Å²) < 4.78 is 16.4. The molecule has 5 heteroatoms. The van der Waals surface area contributed by atoms with Gasteiger partial charge in [-0.25, -0.2) is 0 Å². The lowest BCUT2D eigenvalue weighted by molar-refractivity contribution is 0.657. The van der Waals surface area contributed by atoms with Gasteiger partial charge in [-0.05, 0) is 129 Å². The van der Waals surface area contributed by atoms with Gasteiger partial charge < -0.3 is 23.0 Å². The summed E-state index contributed by atoms with van der Waals surface area (Å²) in [6.07, 6.45) is 0. The summed E-state index contributed by atoms with van der Waals surface area (Å²) >= 11 is 0. The highest BCUT2D eigenvalue weighted by Crippen LogP contribution is 2.48. The Morgan fingerprint density at radius 2 is 0.712 bits per heavy atom. The van der Waals surface area contributed by atoms with E-state index in [4.69, 9.17) is 8.83 Å². The second-order valence-corrected chi connectivity index (χ2v) is 20.4. The topological polar surface area (TPSA) is 37.2 Å². The molecule has 0 saturated carbocycles. The van der Waals surface area contributed by atoms with E-state index in [0.29, 0.717) is 11.8 Å². The molecule has 348 valence electrons. The van der Waals surface area contributed by atoms with Crippen LogP contribution in [0.1, 0.15) is 50.7 Å². The smallest absolute Gasteiger partial charge is 0.159 e. The molecule has 0 unspecified atom stereocenters. The fourth-order valence-corrected chi connectivity index (χ4v) is 12.1. The third-order valence-electron chi connectivity index (χ3n) is 15.5. The molecule has 73 heavy (non-hydrogen) atoms. The van der Waals surface area contributed by atoms with E-state index in [2.05, 4.69) is 254 Å². The van der Waals surface area contributed by atoms with Crippen LogP contribution in [0.4, 0.5) is 34.1 Å². The normalized spacial score (nSPS) is 12.4. The number of benzene rings is 11. The first-order chi connectivity index (χ1) is 35.9. The highest BCUT2D eigenvalue weighted by molar-refractivity contribution is 6.26. The van der Waals surface area contributed by atoms with Gasteiger partial charge in [-0.3, -0.25) is 0 Å². The van der Waals surface area contributed by atoms with Crippen LogP contribution in [-0.2, 0) is 0 Å². The molecule has 0 aliphatic rings. The zero-order valence-electron chi connectivity index (χ0n) is 41.0. The Labute approximate surface area is 421 Å². The summed E-state index contributed by atoms with van der Waals surface area (Å²) in [5.74, 6) is 0.666. The number of para-hydroxylation sites is 7. The maximum absolute atomic E-state index is 6.93. The number of furan rings is 2. The van der Waals surface area contributed by atoms with Crippen molar-refractivity contribution in [2.24, 2.45) is 0 Å². The zero-order chi connectivity index (χ0) is 48.6.